The number of benzene rings is 2. The van der Waals surface area contributed by atoms with Crippen LogP contribution in [0.4, 0.5) is 11.5 Å². The first-order chi connectivity index (χ1) is 12.6. The maximum Gasteiger partial charge on any atom is 0.339 e. The van der Waals surface area contributed by atoms with Gasteiger partial charge >= 0.3 is 5.97 Å². The summed E-state index contributed by atoms with van der Waals surface area (Å²) < 4.78 is 0. The summed E-state index contributed by atoms with van der Waals surface area (Å²) in [5.74, 6) is -0.886. The van der Waals surface area contributed by atoms with Crippen LogP contribution in [0.3, 0.4) is 0 Å². The Hall–Kier alpha value is -3.45. The Labute approximate surface area is 152 Å². The van der Waals surface area contributed by atoms with Crippen molar-refractivity contribution in [3.8, 4) is 16.2 Å². The monoisotopic (exact) mass is 363 g/mol. The molecule has 0 unspecified atom stereocenters. The number of anilines is 2. The van der Waals surface area contributed by atoms with Crippen LogP contribution in [-0.2, 0) is 0 Å². The lowest BCUT2D eigenvalue weighted by atomic mass is 10.1. The Morgan fingerprint density at radius 3 is 2.58 bits per heavy atom. The molecule has 128 valence electrons. The fourth-order valence-electron chi connectivity index (χ4n) is 2.63. The summed E-state index contributed by atoms with van der Waals surface area (Å²) >= 11 is 1.57. The number of aromatic carboxylic acids is 1. The summed E-state index contributed by atoms with van der Waals surface area (Å²) in [5.41, 5.74) is 1.50. The number of aromatic nitrogens is 2. The normalized spacial score (nSPS) is 10.8. The molecule has 2 heterocycles. The maximum absolute atomic E-state index is 11.0. The molecule has 2 aromatic heterocycles. The van der Waals surface area contributed by atoms with E-state index in [9.17, 15) is 9.90 Å². The largest absolute Gasteiger partial charge is 0.507 e. The van der Waals surface area contributed by atoms with E-state index in [4.69, 9.17) is 5.11 Å². The van der Waals surface area contributed by atoms with Crippen molar-refractivity contribution >= 4 is 39.0 Å². The van der Waals surface area contributed by atoms with E-state index in [1.807, 2.05) is 36.4 Å². The number of carboxylic acids is 1. The molecule has 0 aliphatic carbocycles. The number of hydrogen-bond acceptors (Lipinski definition) is 6. The standard InChI is InChI=1S/C19H13N3O3S/c23-15-8-12(6-7-13(15)19(24)25)22-17-14-9-16(11-4-2-1-3-5-11)26-18(14)21-10-20-17/h1-10,23H,(H,24,25)(H,20,21,22). The Morgan fingerprint density at radius 2 is 1.85 bits per heavy atom. The van der Waals surface area contributed by atoms with Crippen molar-refractivity contribution in [2.24, 2.45) is 0 Å². The lowest BCUT2D eigenvalue weighted by Gasteiger charge is -2.08. The van der Waals surface area contributed by atoms with Gasteiger partial charge in [-0.25, -0.2) is 14.8 Å². The van der Waals surface area contributed by atoms with Gasteiger partial charge < -0.3 is 15.5 Å². The van der Waals surface area contributed by atoms with Crippen molar-refractivity contribution < 1.29 is 15.0 Å². The summed E-state index contributed by atoms with van der Waals surface area (Å²) in [6.07, 6.45) is 1.47. The van der Waals surface area contributed by atoms with Crippen molar-refractivity contribution in [2.45, 2.75) is 0 Å². The second-order valence-electron chi connectivity index (χ2n) is 5.58. The van der Waals surface area contributed by atoms with Crippen LogP contribution >= 0.6 is 11.3 Å². The van der Waals surface area contributed by atoms with Crippen LogP contribution in [0.25, 0.3) is 20.7 Å². The molecule has 0 saturated heterocycles. The lowest BCUT2D eigenvalue weighted by Crippen LogP contribution is -1.99. The number of nitrogens with zero attached hydrogens (tertiary/aromatic N) is 2. The zero-order valence-electron chi connectivity index (χ0n) is 13.4. The topological polar surface area (TPSA) is 95.3 Å². The number of aromatic hydroxyl groups is 1. The molecule has 0 fully saturated rings. The van der Waals surface area contributed by atoms with Gasteiger partial charge in [-0.2, -0.15) is 0 Å². The number of carboxylic acid groups (broad SMARTS) is 1. The molecular weight excluding hydrogens is 350 g/mol. The Kier molecular flexibility index (Phi) is 3.98. The molecule has 2 aromatic carbocycles. The summed E-state index contributed by atoms with van der Waals surface area (Å²) in [7, 11) is 0. The molecule has 4 rings (SSSR count). The molecule has 3 N–H and O–H groups in total. The van der Waals surface area contributed by atoms with Crippen molar-refractivity contribution in [3.05, 3.63) is 66.5 Å². The molecule has 4 aromatic rings. The van der Waals surface area contributed by atoms with Crippen molar-refractivity contribution in [3.63, 3.8) is 0 Å². The third-order valence-corrected chi connectivity index (χ3v) is 4.97. The molecule has 0 aliphatic heterocycles. The Bertz CT molecular complexity index is 1110. The van der Waals surface area contributed by atoms with Gasteiger partial charge in [0.2, 0.25) is 0 Å². The quantitative estimate of drug-likeness (QED) is 0.494. The minimum Gasteiger partial charge on any atom is -0.507 e. The number of carbonyl (C=O) groups is 1. The highest BCUT2D eigenvalue weighted by atomic mass is 32.1. The zero-order valence-corrected chi connectivity index (χ0v) is 14.2. The van der Waals surface area contributed by atoms with Crippen molar-refractivity contribution in [1.82, 2.24) is 9.97 Å². The van der Waals surface area contributed by atoms with Gasteiger partial charge in [0.1, 0.15) is 28.3 Å². The molecule has 0 aliphatic rings. The Morgan fingerprint density at radius 1 is 1.04 bits per heavy atom. The molecule has 0 bridgehead atoms. The summed E-state index contributed by atoms with van der Waals surface area (Å²) in [6.45, 7) is 0. The van der Waals surface area contributed by atoms with Gasteiger partial charge in [0, 0.05) is 16.6 Å². The van der Waals surface area contributed by atoms with Crippen molar-refractivity contribution in [1.29, 1.82) is 0 Å². The molecule has 26 heavy (non-hydrogen) atoms. The van der Waals surface area contributed by atoms with Gasteiger partial charge in [0.05, 0.1) is 5.39 Å². The third-order valence-electron chi connectivity index (χ3n) is 3.88. The first-order valence-corrected chi connectivity index (χ1v) is 8.57. The zero-order chi connectivity index (χ0) is 18.1. The predicted molar refractivity (Wildman–Crippen MR) is 101 cm³/mol. The molecule has 0 atom stereocenters. The number of hydrogen-bond donors (Lipinski definition) is 3. The molecule has 0 saturated carbocycles. The van der Waals surface area contributed by atoms with Gasteiger partial charge in [-0.05, 0) is 23.8 Å². The smallest absolute Gasteiger partial charge is 0.339 e. The fraction of sp³-hybridized carbons (Fsp3) is 0. The molecule has 7 heteroatoms. The summed E-state index contributed by atoms with van der Waals surface area (Å²) in [4.78, 5) is 21.5. The van der Waals surface area contributed by atoms with Crippen LogP contribution in [0.1, 0.15) is 10.4 Å². The number of fused-ring (bicyclic) bond motifs is 1. The fourth-order valence-corrected chi connectivity index (χ4v) is 3.63. The van der Waals surface area contributed by atoms with Crippen LogP contribution in [-0.4, -0.2) is 26.2 Å². The van der Waals surface area contributed by atoms with Gasteiger partial charge in [-0.3, -0.25) is 0 Å². The van der Waals surface area contributed by atoms with E-state index in [1.165, 1.54) is 18.5 Å². The van der Waals surface area contributed by atoms with Crippen LogP contribution in [0, 0.1) is 0 Å². The van der Waals surface area contributed by atoms with E-state index in [0.717, 1.165) is 20.7 Å². The van der Waals surface area contributed by atoms with E-state index in [1.54, 1.807) is 17.4 Å². The maximum atomic E-state index is 11.0. The molecule has 0 amide bonds. The molecule has 6 nitrogen and oxygen atoms in total. The SMILES string of the molecule is O=C(O)c1ccc(Nc2ncnc3sc(-c4ccccc4)cc23)cc1O. The first-order valence-electron chi connectivity index (χ1n) is 7.75. The summed E-state index contributed by atoms with van der Waals surface area (Å²) in [5, 5.41) is 22.8. The van der Waals surface area contributed by atoms with E-state index < -0.39 is 5.97 Å². The van der Waals surface area contributed by atoms with Gasteiger partial charge in [-0.15, -0.1) is 11.3 Å². The van der Waals surface area contributed by atoms with Crippen LogP contribution in [0.15, 0.2) is 60.9 Å². The number of phenols is 1. The molecule has 0 spiro atoms. The van der Waals surface area contributed by atoms with Crippen LogP contribution in [0.5, 0.6) is 5.75 Å². The van der Waals surface area contributed by atoms with Gasteiger partial charge in [0.15, 0.2) is 0 Å². The first kappa shape index (κ1) is 16.0. The molecular formula is C19H13N3O3S. The number of nitrogens with one attached hydrogen (secondary N) is 1. The van der Waals surface area contributed by atoms with E-state index in [0.29, 0.717) is 11.5 Å². The lowest BCUT2D eigenvalue weighted by molar-refractivity contribution is 0.0694. The minimum absolute atomic E-state index is 0.148. The highest BCUT2D eigenvalue weighted by Gasteiger charge is 2.13. The van der Waals surface area contributed by atoms with E-state index >= 15 is 0 Å². The van der Waals surface area contributed by atoms with Crippen LogP contribution < -0.4 is 5.32 Å². The van der Waals surface area contributed by atoms with E-state index in [2.05, 4.69) is 15.3 Å². The highest BCUT2D eigenvalue weighted by molar-refractivity contribution is 7.21. The third kappa shape index (κ3) is 2.96. The van der Waals surface area contributed by atoms with Crippen LogP contribution in [0.2, 0.25) is 0 Å². The minimum atomic E-state index is -1.18. The van der Waals surface area contributed by atoms with Gasteiger partial charge in [-0.1, -0.05) is 30.3 Å². The second kappa shape index (κ2) is 6.45. The predicted octanol–water partition coefficient (Wildman–Crippen LogP) is 4.51. The summed E-state index contributed by atoms with van der Waals surface area (Å²) in [6, 6.07) is 16.3. The number of rotatable bonds is 4. The highest BCUT2D eigenvalue weighted by Crippen LogP contribution is 2.36. The molecule has 0 radical (unpaired) electrons. The number of thiophene rings is 1. The average Bonchev–Trinajstić information content (AvgIpc) is 3.08. The Balaban J connectivity index is 1.72. The second-order valence-corrected chi connectivity index (χ2v) is 6.61. The van der Waals surface area contributed by atoms with Gasteiger partial charge in [0.25, 0.3) is 0 Å². The van der Waals surface area contributed by atoms with E-state index in [-0.39, 0.29) is 11.3 Å². The average molecular weight is 363 g/mol. The van der Waals surface area contributed by atoms with Crippen molar-refractivity contribution in [2.75, 3.05) is 5.32 Å².